The van der Waals surface area contributed by atoms with Crippen molar-refractivity contribution in [2.75, 3.05) is 11.9 Å². The van der Waals surface area contributed by atoms with Gasteiger partial charge in [0.1, 0.15) is 5.01 Å². The predicted molar refractivity (Wildman–Crippen MR) is 65.7 cm³/mol. The number of anilines is 1. The van der Waals surface area contributed by atoms with Gasteiger partial charge in [-0.2, -0.15) is 0 Å². The zero-order valence-electron chi connectivity index (χ0n) is 8.75. The van der Waals surface area contributed by atoms with E-state index in [1.165, 1.54) is 0 Å². The molecule has 0 aliphatic carbocycles. The smallest absolute Gasteiger partial charge is 0.205 e. The molecule has 2 aromatic heterocycles. The van der Waals surface area contributed by atoms with E-state index in [1.807, 2.05) is 6.92 Å². The van der Waals surface area contributed by atoms with E-state index in [1.54, 1.807) is 41.6 Å². The summed E-state index contributed by atoms with van der Waals surface area (Å²) in [5.41, 5.74) is 0. The quantitative estimate of drug-likeness (QED) is 0.650. The molecule has 0 unspecified atom stereocenters. The van der Waals surface area contributed by atoms with Gasteiger partial charge in [-0.1, -0.05) is 23.1 Å². The summed E-state index contributed by atoms with van der Waals surface area (Å²) in [4.78, 5) is 8.26. The fraction of sp³-hybridized carbons (Fsp3) is 0.333. The number of rotatable bonds is 5. The summed E-state index contributed by atoms with van der Waals surface area (Å²) in [7, 11) is 0. The highest BCUT2D eigenvalue weighted by Gasteiger charge is 2.04. The standard InChI is InChI=1S/C9H11N5S2/c1-2-10-9-14-13-7(16-9)6-15-8-11-4-3-5-12-8/h3-5H,2,6H2,1H3,(H,10,14). The number of hydrogen-bond donors (Lipinski definition) is 1. The maximum atomic E-state index is 4.13. The third kappa shape index (κ3) is 3.14. The Morgan fingerprint density at radius 1 is 1.31 bits per heavy atom. The molecule has 7 heteroatoms. The Balaban J connectivity index is 1.89. The highest BCUT2D eigenvalue weighted by molar-refractivity contribution is 7.98. The summed E-state index contributed by atoms with van der Waals surface area (Å²) in [5, 5.41) is 13.8. The Morgan fingerprint density at radius 2 is 2.12 bits per heavy atom. The molecular formula is C9H11N5S2. The first kappa shape index (κ1) is 11.3. The maximum absolute atomic E-state index is 4.13. The monoisotopic (exact) mass is 253 g/mol. The fourth-order valence-electron chi connectivity index (χ4n) is 1.02. The van der Waals surface area contributed by atoms with Crippen molar-refractivity contribution >= 4 is 28.2 Å². The minimum absolute atomic E-state index is 0.757. The molecule has 0 aliphatic rings. The van der Waals surface area contributed by atoms with Gasteiger partial charge in [0.05, 0.1) is 5.75 Å². The van der Waals surface area contributed by atoms with Crippen LogP contribution in [0.2, 0.25) is 0 Å². The van der Waals surface area contributed by atoms with Gasteiger partial charge in [-0.15, -0.1) is 10.2 Å². The molecule has 0 bridgehead atoms. The first-order valence-corrected chi connectivity index (χ1v) is 6.64. The molecule has 0 spiro atoms. The maximum Gasteiger partial charge on any atom is 0.205 e. The van der Waals surface area contributed by atoms with Crippen LogP contribution in [0.15, 0.2) is 23.6 Å². The fourth-order valence-corrected chi connectivity index (χ4v) is 2.62. The number of nitrogens with one attached hydrogen (secondary N) is 1. The molecule has 0 radical (unpaired) electrons. The normalized spacial score (nSPS) is 10.3. The minimum Gasteiger partial charge on any atom is -0.360 e. The van der Waals surface area contributed by atoms with Gasteiger partial charge in [0, 0.05) is 18.9 Å². The second kappa shape index (κ2) is 5.76. The van der Waals surface area contributed by atoms with Crippen LogP contribution in [-0.4, -0.2) is 26.7 Å². The summed E-state index contributed by atoms with van der Waals surface area (Å²) < 4.78 is 0. The third-order valence-corrected chi connectivity index (χ3v) is 3.61. The van der Waals surface area contributed by atoms with Crippen LogP contribution in [0, 0.1) is 0 Å². The number of aromatic nitrogens is 4. The Hall–Kier alpha value is -1.21. The second-order valence-electron chi connectivity index (χ2n) is 2.85. The number of thioether (sulfide) groups is 1. The van der Waals surface area contributed by atoms with E-state index in [2.05, 4.69) is 25.5 Å². The average Bonchev–Trinajstić information content (AvgIpc) is 2.76. The van der Waals surface area contributed by atoms with Gasteiger partial charge in [0.15, 0.2) is 5.16 Å². The summed E-state index contributed by atoms with van der Waals surface area (Å²) >= 11 is 3.13. The van der Waals surface area contributed by atoms with Crippen molar-refractivity contribution in [3.63, 3.8) is 0 Å². The average molecular weight is 253 g/mol. The summed E-state index contributed by atoms with van der Waals surface area (Å²) in [5.74, 6) is 0.757. The van der Waals surface area contributed by atoms with Gasteiger partial charge in [-0.3, -0.25) is 0 Å². The molecule has 84 valence electrons. The highest BCUT2D eigenvalue weighted by atomic mass is 32.2. The van der Waals surface area contributed by atoms with E-state index >= 15 is 0 Å². The molecule has 2 heterocycles. The van der Waals surface area contributed by atoms with Crippen molar-refractivity contribution in [3.8, 4) is 0 Å². The lowest BCUT2D eigenvalue weighted by molar-refractivity contribution is 0.962. The molecular weight excluding hydrogens is 242 g/mol. The van der Waals surface area contributed by atoms with Gasteiger partial charge in [-0.25, -0.2) is 9.97 Å². The summed E-state index contributed by atoms with van der Waals surface area (Å²) in [6, 6.07) is 1.80. The Morgan fingerprint density at radius 3 is 2.88 bits per heavy atom. The summed E-state index contributed by atoms with van der Waals surface area (Å²) in [6.45, 7) is 2.90. The van der Waals surface area contributed by atoms with Crippen LogP contribution < -0.4 is 5.32 Å². The van der Waals surface area contributed by atoms with Crippen molar-refractivity contribution in [3.05, 3.63) is 23.5 Å². The van der Waals surface area contributed by atoms with Gasteiger partial charge in [0.2, 0.25) is 5.13 Å². The van der Waals surface area contributed by atoms with Crippen LogP contribution in [0.1, 0.15) is 11.9 Å². The van der Waals surface area contributed by atoms with Crippen LogP contribution in [0.25, 0.3) is 0 Å². The molecule has 0 saturated carbocycles. The molecule has 0 aliphatic heterocycles. The highest BCUT2D eigenvalue weighted by Crippen LogP contribution is 2.22. The first-order valence-electron chi connectivity index (χ1n) is 4.84. The van der Waals surface area contributed by atoms with E-state index < -0.39 is 0 Å². The van der Waals surface area contributed by atoms with Crippen LogP contribution in [-0.2, 0) is 5.75 Å². The third-order valence-electron chi connectivity index (χ3n) is 1.66. The molecule has 2 aromatic rings. The zero-order chi connectivity index (χ0) is 11.2. The first-order chi connectivity index (χ1) is 7.88. The van der Waals surface area contributed by atoms with E-state index in [4.69, 9.17) is 0 Å². The Labute approximate surface area is 102 Å². The van der Waals surface area contributed by atoms with Crippen LogP contribution in [0.4, 0.5) is 5.13 Å². The molecule has 0 saturated heterocycles. The van der Waals surface area contributed by atoms with Gasteiger partial charge in [0.25, 0.3) is 0 Å². The molecule has 16 heavy (non-hydrogen) atoms. The molecule has 0 aromatic carbocycles. The molecule has 5 nitrogen and oxygen atoms in total. The van der Waals surface area contributed by atoms with Gasteiger partial charge >= 0.3 is 0 Å². The van der Waals surface area contributed by atoms with E-state index in [9.17, 15) is 0 Å². The predicted octanol–water partition coefficient (Wildman–Crippen LogP) is 2.05. The minimum atomic E-state index is 0.757. The topological polar surface area (TPSA) is 63.6 Å². The van der Waals surface area contributed by atoms with Crippen LogP contribution in [0.3, 0.4) is 0 Å². The zero-order valence-corrected chi connectivity index (χ0v) is 10.4. The SMILES string of the molecule is CCNc1nnc(CSc2ncccn2)s1. The lowest BCUT2D eigenvalue weighted by atomic mass is 10.7. The lowest BCUT2D eigenvalue weighted by Crippen LogP contribution is -1.94. The van der Waals surface area contributed by atoms with Gasteiger partial charge < -0.3 is 5.32 Å². The van der Waals surface area contributed by atoms with Crippen molar-refractivity contribution < 1.29 is 0 Å². The Kier molecular flexibility index (Phi) is 4.06. The van der Waals surface area contributed by atoms with E-state index in [0.717, 1.165) is 27.6 Å². The number of hydrogen-bond acceptors (Lipinski definition) is 7. The van der Waals surface area contributed by atoms with Crippen LogP contribution in [0.5, 0.6) is 0 Å². The van der Waals surface area contributed by atoms with Crippen molar-refractivity contribution in [1.82, 2.24) is 20.2 Å². The second-order valence-corrected chi connectivity index (χ2v) is 4.86. The number of nitrogens with zero attached hydrogens (tertiary/aromatic N) is 4. The van der Waals surface area contributed by atoms with E-state index in [0.29, 0.717) is 0 Å². The van der Waals surface area contributed by atoms with Crippen LogP contribution >= 0.6 is 23.1 Å². The summed E-state index contributed by atoms with van der Waals surface area (Å²) in [6.07, 6.45) is 3.47. The molecule has 0 atom stereocenters. The Bertz CT molecular complexity index is 430. The molecule has 0 fully saturated rings. The largest absolute Gasteiger partial charge is 0.360 e. The van der Waals surface area contributed by atoms with Crippen molar-refractivity contribution in [1.29, 1.82) is 0 Å². The van der Waals surface area contributed by atoms with E-state index in [-0.39, 0.29) is 0 Å². The van der Waals surface area contributed by atoms with Gasteiger partial charge in [-0.05, 0) is 13.0 Å². The molecule has 2 rings (SSSR count). The molecule has 0 amide bonds. The van der Waals surface area contributed by atoms with Crippen molar-refractivity contribution in [2.45, 2.75) is 17.8 Å². The lowest BCUT2D eigenvalue weighted by Gasteiger charge is -1.94. The molecule has 1 N–H and O–H groups in total. The van der Waals surface area contributed by atoms with Crippen molar-refractivity contribution in [2.24, 2.45) is 0 Å².